The summed E-state index contributed by atoms with van der Waals surface area (Å²) in [6.07, 6.45) is 1.88. The van der Waals surface area contributed by atoms with E-state index in [1.807, 2.05) is 19.1 Å². The number of hydrogen-bond acceptors (Lipinski definition) is 3. The van der Waals surface area contributed by atoms with E-state index in [1.54, 1.807) is 13.2 Å². The van der Waals surface area contributed by atoms with Gasteiger partial charge in [-0.05, 0) is 43.7 Å². The third-order valence-corrected chi connectivity index (χ3v) is 4.14. The second kappa shape index (κ2) is 12.0. The monoisotopic (exact) mass is 369 g/mol. The van der Waals surface area contributed by atoms with E-state index < -0.39 is 0 Å². The van der Waals surface area contributed by atoms with Crippen LogP contribution < -0.4 is 15.4 Å². The van der Waals surface area contributed by atoms with Crippen LogP contribution in [0.4, 0.5) is 0 Å². The number of aliphatic hydroxyl groups is 1. The van der Waals surface area contributed by atoms with Crippen LogP contribution in [-0.2, 0) is 6.54 Å². The lowest BCUT2D eigenvalue weighted by molar-refractivity contribution is 0.243. The third kappa shape index (κ3) is 8.45. The summed E-state index contributed by atoms with van der Waals surface area (Å²) in [7, 11) is 1.63. The predicted octanol–water partition coefficient (Wildman–Crippen LogP) is 3.45. The first-order valence-electron chi connectivity index (χ1n) is 8.95. The Morgan fingerprint density at radius 3 is 2.68 bits per heavy atom. The van der Waals surface area contributed by atoms with Crippen molar-refractivity contribution in [2.45, 2.75) is 40.2 Å². The highest BCUT2D eigenvalue weighted by Gasteiger charge is 2.11. The molecule has 0 saturated carbocycles. The van der Waals surface area contributed by atoms with Crippen LogP contribution in [0.5, 0.6) is 5.75 Å². The van der Waals surface area contributed by atoms with Gasteiger partial charge in [-0.15, -0.1) is 0 Å². The minimum atomic E-state index is 0.217. The second-order valence-corrected chi connectivity index (χ2v) is 6.98. The quantitative estimate of drug-likeness (QED) is 0.436. The number of aliphatic hydroxyl groups excluding tert-OH is 1. The first-order chi connectivity index (χ1) is 12.0. The molecule has 0 spiro atoms. The molecule has 1 aromatic carbocycles. The summed E-state index contributed by atoms with van der Waals surface area (Å²) in [4.78, 5) is 4.64. The van der Waals surface area contributed by atoms with E-state index in [2.05, 4.69) is 29.5 Å². The minimum absolute atomic E-state index is 0.217. The molecule has 3 N–H and O–H groups in total. The summed E-state index contributed by atoms with van der Waals surface area (Å²) in [6.45, 7) is 8.76. The van der Waals surface area contributed by atoms with Crippen molar-refractivity contribution >= 4 is 17.6 Å². The molecule has 0 saturated heterocycles. The van der Waals surface area contributed by atoms with Crippen molar-refractivity contribution in [2.75, 3.05) is 26.8 Å². The van der Waals surface area contributed by atoms with Crippen LogP contribution in [0.25, 0.3) is 0 Å². The Bertz CT molecular complexity index is 535. The molecule has 0 aromatic heterocycles. The van der Waals surface area contributed by atoms with Crippen molar-refractivity contribution in [1.82, 2.24) is 10.6 Å². The first-order valence-corrected chi connectivity index (χ1v) is 9.33. The van der Waals surface area contributed by atoms with Crippen molar-refractivity contribution in [3.05, 3.63) is 28.8 Å². The molecule has 1 unspecified atom stereocenters. The van der Waals surface area contributed by atoms with Gasteiger partial charge in [0, 0.05) is 30.3 Å². The Balaban J connectivity index is 2.73. The minimum Gasteiger partial charge on any atom is -0.496 e. The SMILES string of the molecule is CCNC(=NCc1ccc(Cl)cc1OC)NCC(CCO)CC(C)C. The van der Waals surface area contributed by atoms with E-state index >= 15 is 0 Å². The highest BCUT2D eigenvalue weighted by molar-refractivity contribution is 6.30. The van der Waals surface area contributed by atoms with Crippen molar-refractivity contribution < 1.29 is 9.84 Å². The molecule has 1 aromatic rings. The van der Waals surface area contributed by atoms with Crippen molar-refractivity contribution in [1.29, 1.82) is 0 Å². The van der Waals surface area contributed by atoms with Gasteiger partial charge in [0.15, 0.2) is 5.96 Å². The summed E-state index contributed by atoms with van der Waals surface area (Å²) in [6, 6.07) is 5.57. The lowest BCUT2D eigenvalue weighted by atomic mass is 9.94. The fourth-order valence-corrected chi connectivity index (χ4v) is 2.91. The fraction of sp³-hybridized carbons (Fsp3) is 0.632. The lowest BCUT2D eigenvalue weighted by Gasteiger charge is -2.20. The van der Waals surface area contributed by atoms with Gasteiger partial charge >= 0.3 is 0 Å². The van der Waals surface area contributed by atoms with Crippen LogP contribution in [0, 0.1) is 11.8 Å². The maximum absolute atomic E-state index is 9.25. The summed E-state index contributed by atoms with van der Waals surface area (Å²) >= 11 is 6.00. The Labute approximate surface area is 156 Å². The molecule has 0 heterocycles. The number of rotatable bonds is 10. The number of benzene rings is 1. The van der Waals surface area contributed by atoms with Gasteiger partial charge in [0.1, 0.15) is 5.75 Å². The number of guanidine groups is 1. The Hall–Kier alpha value is -1.46. The Morgan fingerprint density at radius 2 is 2.08 bits per heavy atom. The molecule has 5 nitrogen and oxygen atoms in total. The summed E-state index contributed by atoms with van der Waals surface area (Å²) in [5, 5.41) is 16.6. The van der Waals surface area contributed by atoms with Crippen LogP contribution in [0.1, 0.15) is 39.2 Å². The van der Waals surface area contributed by atoms with Gasteiger partial charge in [-0.1, -0.05) is 31.5 Å². The van der Waals surface area contributed by atoms with Crippen molar-refractivity contribution in [3.8, 4) is 5.75 Å². The normalized spacial score (nSPS) is 13.0. The average molecular weight is 370 g/mol. The summed E-state index contributed by atoms with van der Waals surface area (Å²) in [5.74, 6) is 2.55. The van der Waals surface area contributed by atoms with Gasteiger partial charge in [-0.25, -0.2) is 4.99 Å². The number of nitrogens with zero attached hydrogens (tertiary/aromatic N) is 1. The van der Waals surface area contributed by atoms with Gasteiger partial charge in [0.05, 0.1) is 13.7 Å². The number of ether oxygens (including phenoxy) is 1. The molecule has 0 fully saturated rings. The van der Waals surface area contributed by atoms with Crippen LogP contribution in [0.15, 0.2) is 23.2 Å². The molecule has 0 amide bonds. The number of methoxy groups -OCH3 is 1. The molecule has 0 bridgehead atoms. The molecule has 1 atom stereocenters. The molecular formula is C19H32ClN3O2. The van der Waals surface area contributed by atoms with E-state index in [0.717, 1.165) is 43.2 Å². The number of halogens is 1. The van der Waals surface area contributed by atoms with Crippen LogP contribution in [-0.4, -0.2) is 37.9 Å². The zero-order valence-corrected chi connectivity index (χ0v) is 16.6. The van der Waals surface area contributed by atoms with E-state index in [4.69, 9.17) is 16.3 Å². The molecule has 0 aliphatic heterocycles. The van der Waals surface area contributed by atoms with Gasteiger partial charge in [0.25, 0.3) is 0 Å². The maximum atomic E-state index is 9.25. The third-order valence-electron chi connectivity index (χ3n) is 3.90. The highest BCUT2D eigenvalue weighted by atomic mass is 35.5. The van der Waals surface area contributed by atoms with Gasteiger partial charge in [-0.2, -0.15) is 0 Å². The van der Waals surface area contributed by atoms with Crippen LogP contribution in [0.2, 0.25) is 5.02 Å². The number of hydrogen-bond donors (Lipinski definition) is 3. The van der Waals surface area contributed by atoms with E-state index in [-0.39, 0.29) is 6.61 Å². The van der Waals surface area contributed by atoms with E-state index in [0.29, 0.717) is 23.4 Å². The lowest BCUT2D eigenvalue weighted by Crippen LogP contribution is -2.40. The topological polar surface area (TPSA) is 65.9 Å². The Morgan fingerprint density at radius 1 is 1.32 bits per heavy atom. The maximum Gasteiger partial charge on any atom is 0.191 e. The molecule has 25 heavy (non-hydrogen) atoms. The molecule has 0 aliphatic carbocycles. The zero-order chi connectivity index (χ0) is 18.7. The largest absolute Gasteiger partial charge is 0.496 e. The molecular weight excluding hydrogens is 338 g/mol. The smallest absolute Gasteiger partial charge is 0.191 e. The predicted molar refractivity (Wildman–Crippen MR) is 105 cm³/mol. The standard InChI is InChI=1S/C19H32ClN3O2/c1-5-21-19(22-12-15(8-9-24)10-14(2)3)23-13-16-6-7-17(20)11-18(16)25-4/h6-7,11,14-15,24H,5,8-10,12-13H2,1-4H3,(H2,21,22,23). The van der Waals surface area contributed by atoms with Gasteiger partial charge in [-0.3, -0.25) is 0 Å². The molecule has 0 radical (unpaired) electrons. The van der Waals surface area contributed by atoms with E-state index in [1.165, 1.54) is 0 Å². The molecule has 1 rings (SSSR count). The molecule has 0 aliphatic rings. The molecule has 142 valence electrons. The average Bonchev–Trinajstić information content (AvgIpc) is 2.57. The highest BCUT2D eigenvalue weighted by Crippen LogP contribution is 2.23. The summed E-state index contributed by atoms with van der Waals surface area (Å²) < 4.78 is 5.37. The Kier molecular flexibility index (Phi) is 10.3. The van der Waals surface area contributed by atoms with Gasteiger partial charge in [0.2, 0.25) is 0 Å². The van der Waals surface area contributed by atoms with Gasteiger partial charge < -0.3 is 20.5 Å². The first kappa shape index (κ1) is 21.6. The van der Waals surface area contributed by atoms with Crippen LogP contribution >= 0.6 is 11.6 Å². The summed E-state index contributed by atoms with van der Waals surface area (Å²) in [5.41, 5.74) is 0.984. The second-order valence-electron chi connectivity index (χ2n) is 6.54. The van der Waals surface area contributed by atoms with E-state index in [9.17, 15) is 5.11 Å². The fourth-order valence-electron chi connectivity index (χ4n) is 2.75. The van der Waals surface area contributed by atoms with Crippen molar-refractivity contribution in [2.24, 2.45) is 16.8 Å². The van der Waals surface area contributed by atoms with Crippen molar-refractivity contribution in [3.63, 3.8) is 0 Å². The number of aliphatic imine (C=N–C) groups is 1. The van der Waals surface area contributed by atoms with Crippen LogP contribution in [0.3, 0.4) is 0 Å². The molecule has 6 heteroatoms. The number of nitrogens with one attached hydrogen (secondary N) is 2. The zero-order valence-electron chi connectivity index (χ0n) is 15.8.